The Bertz CT molecular complexity index is 1110. The Labute approximate surface area is 172 Å². The highest BCUT2D eigenvalue weighted by molar-refractivity contribution is 6.30. The highest BCUT2D eigenvalue weighted by Crippen LogP contribution is 2.29. The van der Waals surface area contributed by atoms with Crippen LogP contribution in [-0.2, 0) is 11.3 Å². The van der Waals surface area contributed by atoms with Crippen molar-refractivity contribution >= 4 is 23.2 Å². The van der Waals surface area contributed by atoms with Crippen molar-refractivity contribution in [3.8, 4) is 22.9 Å². The summed E-state index contributed by atoms with van der Waals surface area (Å²) in [5, 5.41) is 3.27. The van der Waals surface area contributed by atoms with Crippen molar-refractivity contribution in [3.63, 3.8) is 0 Å². The van der Waals surface area contributed by atoms with E-state index < -0.39 is 5.91 Å². The second kappa shape index (κ2) is 8.79. The first kappa shape index (κ1) is 20.4. The molecular formula is C21H20ClN3O4. The Morgan fingerprint density at radius 2 is 1.93 bits per heavy atom. The number of halogens is 1. The zero-order valence-corrected chi connectivity index (χ0v) is 17.0. The molecule has 0 aliphatic heterocycles. The number of hydrogen-bond donors (Lipinski definition) is 1. The van der Waals surface area contributed by atoms with Gasteiger partial charge in [-0.2, -0.15) is 0 Å². The monoisotopic (exact) mass is 413 g/mol. The lowest BCUT2D eigenvalue weighted by atomic mass is 10.2. The number of benzene rings is 2. The van der Waals surface area contributed by atoms with Crippen LogP contribution in [-0.4, -0.2) is 29.7 Å². The molecular weight excluding hydrogens is 394 g/mol. The first-order valence-electron chi connectivity index (χ1n) is 8.77. The molecule has 0 radical (unpaired) electrons. The van der Waals surface area contributed by atoms with Gasteiger partial charge in [0.2, 0.25) is 5.91 Å². The number of hydrogen-bond acceptors (Lipinski definition) is 5. The molecule has 8 heteroatoms. The summed E-state index contributed by atoms with van der Waals surface area (Å²) in [4.78, 5) is 29.8. The lowest BCUT2D eigenvalue weighted by Gasteiger charge is -2.15. The number of amides is 1. The standard InChI is InChI=1S/C21H20ClN3O4/c1-13-9-20(27)25(21(23-13)14-5-4-6-15(22)10-14)12-19(26)24-17-11-16(28-2)7-8-18(17)29-3/h4-11H,12H2,1-3H3,(H,24,26). The fourth-order valence-electron chi connectivity index (χ4n) is 2.87. The van der Waals surface area contributed by atoms with Crippen LogP contribution >= 0.6 is 11.6 Å². The van der Waals surface area contributed by atoms with Crippen molar-refractivity contribution in [2.24, 2.45) is 0 Å². The molecule has 0 fully saturated rings. The van der Waals surface area contributed by atoms with Crippen LogP contribution in [0.5, 0.6) is 11.5 Å². The van der Waals surface area contributed by atoms with E-state index in [1.54, 1.807) is 49.4 Å². The number of aromatic nitrogens is 2. The fourth-order valence-corrected chi connectivity index (χ4v) is 3.06. The van der Waals surface area contributed by atoms with Gasteiger partial charge in [0.05, 0.1) is 19.9 Å². The van der Waals surface area contributed by atoms with Gasteiger partial charge in [0.15, 0.2) is 0 Å². The predicted molar refractivity (Wildman–Crippen MR) is 112 cm³/mol. The molecule has 1 aromatic heterocycles. The van der Waals surface area contributed by atoms with E-state index in [2.05, 4.69) is 10.3 Å². The average molecular weight is 414 g/mol. The number of aryl methyl sites for hydroxylation is 1. The molecule has 0 bridgehead atoms. The summed E-state index contributed by atoms with van der Waals surface area (Å²) in [6.45, 7) is 1.50. The largest absolute Gasteiger partial charge is 0.497 e. The van der Waals surface area contributed by atoms with E-state index in [1.165, 1.54) is 24.9 Å². The Morgan fingerprint density at radius 3 is 2.62 bits per heavy atom. The molecule has 1 N–H and O–H groups in total. The zero-order valence-electron chi connectivity index (χ0n) is 16.2. The molecule has 29 heavy (non-hydrogen) atoms. The molecule has 1 amide bonds. The smallest absolute Gasteiger partial charge is 0.254 e. The number of methoxy groups -OCH3 is 2. The van der Waals surface area contributed by atoms with E-state index in [-0.39, 0.29) is 12.1 Å². The molecule has 1 heterocycles. The second-order valence-corrected chi connectivity index (χ2v) is 6.71. The average Bonchev–Trinajstić information content (AvgIpc) is 2.69. The lowest BCUT2D eigenvalue weighted by molar-refractivity contribution is -0.116. The predicted octanol–water partition coefficient (Wildman–Crippen LogP) is 3.53. The van der Waals surface area contributed by atoms with Crippen LogP contribution in [0.2, 0.25) is 5.02 Å². The van der Waals surface area contributed by atoms with Gasteiger partial charge in [0, 0.05) is 28.4 Å². The number of nitrogens with one attached hydrogen (secondary N) is 1. The SMILES string of the molecule is COc1ccc(OC)c(NC(=O)Cn2c(-c3cccc(Cl)c3)nc(C)cc2=O)c1. The normalized spacial score (nSPS) is 10.5. The van der Waals surface area contributed by atoms with Crippen LogP contribution in [0.4, 0.5) is 5.69 Å². The maximum absolute atomic E-state index is 12.7. The molecule has 2 aromatic carbocycles. The quantitative estimate of drug-likeness (QED) is 0.668. The Morgan fingerprint density at radius 1 is 1.14 bits per heavy atom. The van der Waals surface area contributed by atoms with Gasteiger partial charge in [-0.15, -0.1) is 0 Å². The molecule has 0 atom stereocenters. The highest BCUT2D eigenvalue weighted by atomic mass is 35.5. The zero-order chi connectivity index (χ0) is 21.0. The number of rotatable bonds is 6. The highest BCUT2D eigenvalue weighted by Gasteiger charge is 2.15. The third-order valence-electron chi connectivity index (χ3n) is 4.20. The third kappa shape index (κ3) is 4.75. The van der Waals surface area contributed by atoms with E-state index in [9.17, 15) is 9.59 Å². The Hall–Kier alpha value is -3.32. The number of nitrogens with zero attached hydrogens (tertiary/aromatic N) is 2. The van der Waals surface area contributed by atoms with Gasteiger partial charge in [0.1, 0.15) is 23.9 Å². The van der Waals surface area contributed by atoms with Gasteiger partial charge in [-0.3, -0.25) is 14.2 Å². The molecule has 0 aliphatic rings. The maximum Gasteiger partial charge on any atom is 0.254 e. The summed E-state index contributed by atoms with van der Waals surface area (Å²) in [7, 11) is 3.03. The van der Waals surface area contributed by atoms with E-state index in [1.807, 2.05) is 0 Å². The number of anilines is 1. The summed E-state index contributed by atoms with van der Waals surface area (Å²) < 4.78 is 11.8. The van der Waals surface area contributed by atoms with Gasteiger partial charge in [-0.25, -0.2) is 4.98 Å². The van der Waals surface area contributed by atoms with Crippen LogP contribution in [0.25, 0.3) is 11.4 Å². The van der Waals surface area contributed by atoms with Crippen molar-refractivity contribution < 1.29 is 14.3 Å². The van der Waals surface area contributed by atoms with Crippen LogP contribution in [0.15, 0.2) is 53.3 Å². The molecule has 0 unspecified atom stereocenters. The minimum atomic E-state index is -0.410. The summed E-state index contributed by atoms with van der Waals surface area (Å²) in [5.41, 5.74) is 1.30. The van der Waals surface area contributed by atoms with Crippen molar-refractivity contribution in [2.75, 3.05) is 19.5 Å². The number of carbonyl (C=O) groups is 1. The molecule has 7 nitrogen and oxygen atoms in total. The number of ether oxygens (including phenoxy) is 2. The van der Waals surface area contributed by atoms with Crippen molar-refractivity contribution in [2.45, 2.75) is 13.5 Å². The summed E-state index contributed by atoms with van der Waals surface area (Å²) >= 11 is 6.08. The van der Waals surface area contributed by atoms with E-state index >= 15 is 0 Å². The van der Waals surface area contributed by atoms with E-state index in [4.69, 9.17) is 21.1 Å². The van der Waals surface area contributed by atoms with Crippen LogP contribution in [0.1, 0.15) is 5.69 Å². The minimum absolute atomic E-state index is 0.228. The van der Waals surface area contributed by atoms with Gasteiger partial charge < -0.3 is 14.8 Å². The van der Waals surface area contributed by atoms with Gasteiger partial charge in [-0.1, -0.05) is 23.7 Å². The molecule has 0 saturated carbocycles. The van der Waals surface area contributed by atoms with Crippen LogP contribution in [0, 0.1) is 6.92 Å². The second-order valence-electron chi connectivity index (χ2n) is 6.27. The van der Waals surface area contributed by atoms with E-state index in [0.717, 1.165) is 0 Å². The first-order chi connectivity index (χ1) is 13.9. The van der Waals surface area contributed by atoms with Gasteiger partial charge in [0.25, 0.3) is 5.56 Å². The van der Waals surface area contributed by atoms with Crippen LogP contribution in [0.3, 0.4) is 0 Å². The van der Waals surface area contributed by atoms with Crippen molar-refractivity contribution in [3.05, 3.63) is 69.6 Å². The number of carbonyl (C=O) groups excluding carboxylic acids is 1. The van der Waals surface area contributed by atoms with Crippen LogP contribution < -0.4 is 20.3 Å². The summed E-state index contributed by atoms with van der Waals surface area (Å²) in [5.74, 6) is 0.997. The van der Waals surface area contributed by atoms with Crippen molar-refractivity contribution in [1.82, 2.24) is 9.55 Å². The summed E-state index contributed by atoms with van der Waals surface area (Å²) in [6, 6.07) is 13.4. The lowest BCUT2D eigenvalue weighted by Crippen LogP contribution is -2.29. The molecule has 3 aromatic rings. The fraction of sp³-hybridized carbons (Fsp3) is 0.190. The maximum atomic E-state index is 12.7. The molecule has 150 valence electrons. The van der Waals surface area contributed by atoms with E-state index in [0.29, 0.717) is 39.3 Å². The molecule has 0 saturated heterocycles. The van der Waals surface area contributed by atoms with Gasteiger partial charge >= 0.3 is 0 Å². The van der Waals surface area contributed by atoms with Gasteiger partial charge in [-0.05, 0) is 31.2 Å². The first-order valence-corrected chi connectivity index (χ1v) is 9.15. The molecule has 0 spiro atoms. The minimum Gasteiger partial charge on any atom is -0.497 e. The Kier molecular flexibility index (Phi) is 6.19. The topological polar surface area (TPSA) is 82.4 Å². The third-order valence-corrected chi connectivity index (χ3v) is 4.44. The Balaban J connectivity index is 1.95. The van der Waals surface area contributed by atoms with Crippen molar-refractivity contribution in [1.29, 1.82) is 0 Å². The molecule has 0 aliphatic carbocycles. The molecule has 3 rings (SSSR count). The summed E-state index contributed by atoms with van der Waals surface area (Å²) in [6.07, 6.45) is 0.